The highest BCUT2D eigenvalue weighted by Gasteiger charge is 2.54. The van der Waals surface area contributed by atoms with Crippen molar-refractivity contribution in [2.45, 2.75) is 50.7 Å². The third kappa shape index (κ3) is 8.38. The van der Waals surface area contributed by atoms with Crippen LogP contribution in [0.4, 0.5) is 13.2 Å². The van der Waals surface area contributed by atoms with E-state index in [1.54, 1.807) is 29.2 Å². The van der Waals surface area contributed by atoms with E-state index >= 15 is 0 Å². The Labute approximate surface area is 302 Å². The molecular weight excluding hydrogens is 675 g/mol. The molecule has 3 saturated heterocycles. The van der Waals surface area contributed by atoms with Crippen molar-refractivity contribution in [1.82, 2.24) is 24.5 Å². The number of ether oxygens (including phenoxy) is 3. The minimum absolute atomic E-state index is 0.0783. The molecule has 1 atom stereocenters. The van der Waals surface area contributed by atoms with Crippen LogP contribution in [0.3, 0.4) is 0 Å². The number of carbonyl (C=O) groups is 2. The molecule has 3 aromatic rings. The Morgan fingerprint density at radius 2 is 1.77 bits per heavy atom. The number of nitrogens with zero attached hydrogens (tertiary/aromatic N) is 5. The summed E-state index contributed by atoms with van der Waals surface area (Å²) < 4.78 is 60.9. The lowest BCUT2D eigenvalue weighted by Crippen LogP contribution is -2.59. The lowest BCUT2D eigenvalue weighted by Gasteiger charge is -2.49. The van der Waals surface area contributed by atoms with Crippen molar-refractivity contribution in [3.8, 4) is 0 Å². The van der Waals surface area contributed by atoms with Crippen LogP contribution in [0, 0.1) is 17.2 Å². The topological polar surface area (TPSA) is 89.4 Å². The number of hydrogen-bond acceptors (Lipinski definition) is 8. The Balaban J connectivity index is 1.01. The van der Waals surface area contributed by atoms with E-state index in [9.17, 15) is 22.8 Å². The normalized spacial score (nSPS) is 22.1. The quantitative estimate of drug-likeness (QED) is 0.240. The van der Waals surface area contributed by atoms with Gasteiger partial charge in [0.15, 0.2) is 0 Å². The van der Waals surface area contributed by atoms with Crippen molar-refractivity contribution in [2.24, 2.45) is 11.3 Å². The molecule has 3 aliphatic heterocycles. The maximum Gasteiger partial charge on any atom is 0.338 e. The second kappa shape index (κ2) is 15.7. The van der Waals surface area contributed by atoms with Gasteiger partial charge >= 0.3 is 5.97 Å². The van der Waals surface area contributed by atoms with Gasteiger partial charge in [-0.3, -0.25) is 14.4 Å². The van der Waals surface area contributed by atoms with E-state index in [1.807, 2.05) is 23.1 Å². The fraction of sp³-hybridized carbons (Fsp3) is 0.564. The second-order valence-electron chi connectivity index (χ2n) is 15.1. The number of benzene rings is 2. The molecule has 1 aromatic heterocycles. The first-order chi connectivity index (χ1) is 25.1. The molecule has 4 fully saturated rings. The highest BCUT2D eigenvalue weighted by atomic mass is 19.3. The van der Waals surface area contributed by atoms with E-state index in [1.165, 1.54) is 12.1 Å². The first kappa shape index (κ1) is 36.6. The lowest BCUT2D eigenvalue weighted by molar-refractivity contribution is -0.0386. The highest BCUT2D eigenvalue weighted by Crippen LogP contribution is 2.45. The summed E-state index contributed by atoms with van der Waals surface area (Å²) in [6.45, 7) is 7.51. The average Bonchev–Trinajstić information content (AvgIpc) is 3.74. The van der Waals surface area contributed by atoms with Crippen LogP contribution in [0.25, 0.3) is 0 Å². The van der Waals surface area contributed by atoms with Crippen LogP contribution < -0.4 is 0 Å². The number of aromatic nitrogens is 2. The minimum atomic E-state index is -2.68. The summed E-state index contributed by atoms with van der Waals surface area (Å²) in [7, 11) is 2.07. The second-order valence-corrected chi connectivity index (χ2v) is 15.1. The van der Waals surface area contributed by atoms with Crippen LogP contribution in [-0.2, 0) is 27.4 Å². The van der Waals surface area contributed by atoms with E-state index in [-0.39, 0.29) is 55.0 Å². The summed E-state index contributed by atoms with van der Waals surface area (Å²) in [6, 6.07) is 11.8. The zero-order valence-corrected chi connectivity index (χ0v) is 29.8. The molecule has 13 heteroatoms. The number of esters is 1. The van der Waals surface area contributed by atoms with Gasteiger partial charge in [0, 0.05) is 76.2 Å². The van der Waals surface area contributed by atoms with Crippen LogP contribution in [0.5, 0.6) is 0 Å². The van der Waals surface area contributed by atoms with Gasteiger partial charge < -0.3 is 24.0 Å². The molecule has 1 aliphatic carbocycles. The Bertz CT molecular complexity index is 1700. The molecule has 4 aliphatic rings. The first-order valence-electron chi connectivity index (χ1n) is 18.4. The summed E-state index contributed by atoms with van der Waals surface area (Å²) in [5, 5.41) is 4.38. The predicted octanol–water partition coefficient (Wildman–Crippen LogP) is 5.07. The SMILES string of the molecule is CN1CC2(C1)CN(C(=O)c1cnn(Cc3ccc(F)cc3)c1)CC2COCc1cccc(C2CCC(F)(F)CC2)c1C(=O)OCCN1CCOCC1. The molecule has 0 bridgehead atoms. The van der Waals surface area contributed by atoms with Crippen LogP contribution in [0.1, 0.15) is 69.0 Å². The predicted molar refractivity (Wildman–Crippen MR) is 187 cm³/mol. The number of likely N-dealkylation sites (tertiary alicyclic amines) is 2. The summed E-state index contributed by atoms with van der Waals surface area (Å²) in [5.74, 6) is -3.60. The molecule has 52 heavy (non-hydrogen) atoms. The molecule has 1 spiro atoms. The van der Waals surface area contributed by atoms with E-state index in [2.05, 4.69) is 21.9 Å². The van der Waals surface area contributed by atoms with Gasteiger partial charge in [-0.25, -0.2) is 18.0 Å². The Morgan fingerprint density at radius 1 is 1.02 bits per heavy atom. The monoisotopic (exact) mass is 723 g/mol. The standard InChI is InChI=1S/C39H48F3N5O5/c1-44-25-38(26-44)27-46(36(48)31-19-43-47(21-31)20-28-5-7-33(40)8-6-28)22-32(38)24-51-23-30-3-2-4-34(29-9-11-39(41,42)12-10-29)35(30)37(49)52-18-15-45-13-16-50-17-14-45/h2-8,19,21,29,32H,9-18,20,22-27H2,1H3. The van der Waals surface area contributed by atoms with Crippen LogP contribution in [-0.4, -0.2) is 122 Å². The molecule has 0 N–H and O–H groups in total. The molecule has 1 saturated carbocycles. The van der Waals surface area contributed by atoms with Crippen molar-refractivity contribution < 1.29 is 37.0 Å². The highest BCUT2D eigenvalue weighted by molar-refractivity contribution is 5.94. The molecule has 280 valence electrons. The zero-order valence-electron chi connectivity index (χ0n) is 29.8. The largest absolute Gasteiger partial charge is 0.461 e. The first-order valence-corrected chi connectivity index (χ1v) is 18.4. The summed E-state index contributed by atoms with van der Waals surface area (Å²) in [6.07, 6.45) is 3.52. The number of carbonyl (C=O) groups excluding carboxylic acids is 2. The van der Waals surface area contributed by atoms with Gasteiger partial charge in [0.05, 0.1) is 50.3 Å². The Morgan fingerprint density at radius 3 is 2.50 bits per heavy atom. The molecule has 0 radical (unpaired) electrons. The van der Waals surface area contributed by atoms with Crippen molar-refractivity contribution in [2.75, 3.05) is 79.3 Å². The molecule has 1 amide bonds. The lowest BCUT2D eigenvalue weighted by atomic mass is 9.72. The third-order valence-corrected chi connectivity index (χ3v) is 11.3. The van der Waals surface area contributed by atoms with Gasteiger partial charge in [-0.15, -0.1) is 0 Å². The molecule has 4 heterocycles. The number of morpholine rings is 1. The number of alkyl halides is 2. The number of hydrogen-bond donors (Lipinski definition) is 0. The molecule has 10 nitrogen and oxygen atoms in total. The Hall–Kier alpha value is -3.78. The number of halogens is 3. The fourth-order valence-corrected chi connectivity index (χ4v) is 8.48. The van der Waals surface area contributed by atoms with E-state index in [4.69, 9.17) is 14.2 Å². The summed E-state index contributed by atoms with van der Waals surface area (Å²) >= 11 is 0. The minimum Gasteiger partial charge on any atom is -0.461 e. The maximum absolute atomic E-state index is 14.1. The van der Waals surface area contributed by atoms with Gasteiger partial charge in [-0.05, 0) is 54.6 Å². The Kier molecular flexibility index (Phi) is 11.0. The maximum atomic E-state index is 14.1. The van der Waals surface area contributed by atoms with E-state index < -0.39 is 11.9 Å². The summed E-state index contributed by atoms with van der Waals surface area (Å²) in [4.78, 5) is 33.8. The van der Waals surface area contributed by atoms with Gasteiger partial charge in [0.25, 0.3) is 5.91 Å². The van der Waals surface area contributed by atoms with Crippen LogP contribution in [0.2, 0.25) is 0 Å². The van der Waals surface area contributed by atoms with Crippen molar-refractivity contribution >= 4 is 11.9 Å². The fourth-order valence-electron chi connectivity index (χ4n) is 8.48. The van der Waals surface area contributed by atoms with Crippen molar-refractivity contribution in [3.05, 3.63) is 88.5 Å². The van der Waals surface area contributed by atoms with E-state index in [0.717, 1.165) is 37.3 Å². The number of amides is 1. The smallest absolute Gasteiger partial charge is 0.338 e. The van der Waals surface area contributed by atoms with Gasteiger partial charge in [0.1, 0.15) is 12.4 Å². The van der Waals surface area contributed by atoms with Gasteiger partial charge in [-0.2, -0.15) is 5.10 Å². The molecule has 1 unspecified atom stereocenters. The van der Waals surface area contributed by atoms with Crippen molar-refractivity contribution in [1.29, 1.82) is 0 Å². The number of rotatable bonds is 12. The molecular formula is C39H48F3N5O5. The van der Waals surface area contributed by atoms with Gasteiger partial charge in [0.2, 0.25) is 5.92 Å². The summed E-state index contributed by atoms with van der Waals surface area (Å²) in [5.41, 5.74) is 3.14. The van der Waals surface area contributed by atoms with Crippen LogP contribution >= 0.6 is 0 Å². The molecule has 2 aromatic carbocycles. The third-order valence-electron chi connectivity index (χ3n) is 11.3. The van der Waals surface area contributed by atoms with Gasteiger partial charge in [-0.1, -0.05) is 30.3 Å². The zero-order chi connectivity index (χ0) is 36.3. The molecule has 7 rings (SSSR count). The van der Waals surface area contributed by atoms with Crippen molar-refractivity contribution in [3.63, 3.8) is 0 Å². The van der Waals surface area contributed by atoms with E-state index in [0.29, 0.717) is 75.5 Å². The van der Waals surface area contributed by atoms with Crippen LogP contribution in [0.15, 0.2) is 54.9 Å². The average molecular weight is 724 g/mol.